The van der Waals surface area contributed by atoms with Crippen LogP contribution >= 0.6 is 0 Å². The van der Waals surface area contributed by atoms with Gasteiger partial charge in [-0.15, -0.1) is 0 Å². The molecule has 2 aromatic rings. The zero-order valence-electron chi connectivity index (χ0n) is 12.2. The molecule has 4 nitrogen and oxygen atoms in total. The van der Waals surface area contributed by atoms with E-state index in [0.29, 0.717) is 5.69 Å². The number of rotatable bonds is 5. The van der Waals surface area contributed by atoms with Crippen molar-refractivity contribution in [2.24, 2.45) is 0 Å². The summed E-state index contributed by atoms with van der Waals surface area (Å²) >= 11 is 0. The van der Waals surface area contributed by atoms with Crippen LogP contribution in [0.15, 0.2) is 42.6 Å². The number of nitrogens with zero attached hydrogens (tertiary/aromatic N) is 2. The molecule has 1 aromatic carbocycles. The molecule has 0 fully saturated rings. The van der Waals surface area contributed by atoms with Crippen LogP contribution in [-0.4, -0.2) is 35.1 Å². The third kappa shape index (κ3) is 4.26. The molecule has 2 rings (SSSR count). The van der Waals surface area contributed by atoms with Crippen LogP contribution in [0, 0.1) is 0 Å². The van der Waals surface area contributed by atoms with Gasteiger partial charge < -0.3 is 10.0 Å². The van der Waals surface area contributed by atoms with E-state index in [4.69, 9.17) is 5.11 Å². The SMILES string of the molecule is CN(C)Cc1ccc(/C=C/c2ncccc2C(=O)O)cc1. The monoisotopic (exact) mass is 282 g/mol. The lowest BCUT2D eigenvalue weighted by molar-refractivity contribution is 0.0696. The second-order valence-corrected chi connectivity index (χ2v) is 5.05. The van der Waals surface area contributed by atoms with Gasteiger partial charge in [-0.2, -0.15) is 0 Å². The van der Waals surface area contributed by atoms with Crippen molar-refractivity contribution in [3.05, 3.63) is 65.0 Å². The Balaban J connectivity index is 2.16. The molecule has 0 aliphatic carbocycles. The van der Waals surface area contributed by atoms with Crippen LogP contribution in [0.4, 0.5) is 0 Å². The summed E-state index contributed by atoms with van der Waals surface area (Å²) in [6.45, 7) is 0.896. The van der Waals surface area contributed by atoms with Crippen molar-refractivity contribution in [1.82, 2.24) is 9.88 Å². The summed E-state index contributed by atoms with van der Waals surface area (Å²) in [5, 5.41) is 9.10. The van der Waals surface area contributed by atoms with Crippen molar-refractivity contribution < 1.29 is 9.90 Å². The van der Waals surface area contributed by atoms with Crippen molar-refractivity contribution in [2.45, 2.75) is 6.54 Å². The van der Waals surface area contributed by atoms with Crippen LogP contribution in [-0.2, 0) is 6.54 Å². The average Bonchev–Trinajstić information content (AvgIpc) is 2.46. The zero-order valence-corrected chi connectivity index (χ0v) is 12.2. The van der Waals surface area contributed by atoms with Gasteiger partial charge in [0.2, 0.25) is 0 Å². The fraction of sp³-hybridized carbons (Fsp3) is 0.176. The number of pyridine rings is 1. The van der Waals surface area contributed by atoms with Crippen LogP contribution in [0.1, 0.15) is 27.2 Å². The van der Waals surface area contributed by atoms with Crippen molar-refractivity contribution in [2.75, 3.05) is 14.1 Å². The first-order valence-corrected chi connectivity index (χ1v) is 6.66. The van der Waals surface area contributed by atoms with Gasteiger partial charge in [0.1, 0.15) is 0 Å². The van der Waals surface area contributed by atoms with Gasteiger partial charge in [-0.05, 0) is 43.4 Å². The van der Waals surface area contributed by atoms with E-state index in [2.05, 4.69) is 22.0 Å². The summed E-state index contributed by atoms with van der Waals surface area (Å²) in [7, 11) is 4.06. The van der Waals surface area contributed by atoms with Crippen molar-refractivity contribution in [3.63, 3.8) is 0 Å². The van der Waals surface area contributed by atoms with Crippen molar-refractivity contribution in [3.8, 4) is 0 Å². The smallest absolute Gasteiger partial charge is 0.337 e. The molecular weight excluding hydrogens is 264 g/mol. The molecule has 0 radical (unpaired) electrons. The maximum absolute atomic E-state index is 11.1. The quantitative estimate of drug-likeness (QED) is 0.916. The Morgan fingerprint density at radius 2 is 1.90 bits per heavy atom. The first-order valence-electron chi connectivity index (χ1n) is 6.66. The number of carboxylic acids is 1. The molecule has 4 heteroatoms. The lowest BCUT2D eigenvalue weighted by Gasteiger charge is -2.09. The third-order valence-electron chi connectivity index (χ3n) is 2.98. The summed E-state index contributed by atoms with van der Waals surface area (Å²) in [4.78, 5) is 17.3. The van der Waals surface area contributed by atoms with E-state index in [1.165, 1.54) is 5.56 Å². The molecule has 0 unspecified atom stereocenters. The maximum atomic E-state index is 11.1. The predicted molar refractivity (Wildman–Crippen MR) is 84.0 cm³/mol. The Labute approximate surface area is 124 Å². The number of benzene rings is 1. The fourth-order valence-electron chi connectivity index (χ4n) is 2.01. The van der Waals surface area contributed by atoms with Crippen LogP contribution in [0.25, 0.3) is 12.2 Å². The predicted octanol–water partition coefficient (Wildman–Crippen LogP) is 3.01. The molecule has 0 aliphatic rings. The summed E-state index contributed by atoms with van der Waals surface area (Å²) in [5.74, 6) is -0.968. The first kappa shape index (κ1) is 14.9. The van der Waals surface area contributed by atoms with Crippen molar-refractivity contribution in [1.29, 1.82) is 0 Å². The van der Waals surface area contributed by atoms with Gasteiger partial charge in [0.05, 0.1) is 11.3 Å². The fourth-order valence-corrected chi connectivity index (χ4v) is 2.01. The topological polar surface area (TPSA) is 53.4 Å². The van der Waals surface area contributed by atoms with E-state index >= 15 is 0 Å². The maximum Gasteiger partial charge on any atom is 0.337 e. The van der Waals surface area contributed by atoms with E-state index in [1.54, 1.807) is 24.4 Å². The van der Waals surface area contributed by atoms with E-state index in [-0.39, 0.29) is 5.56 Å². The van der Waals surface area contributed by atoms with Crippen LogP contribution in [0.2, 0.25) is 0 Å². The molecule has 0 bridgehead atoms. The molecule has 0 saturated heterocycles. The number of carboxylic acid groups (broad SMARTS) is 1. The number of hydrogen-bond donors (Lipinski definition) is 1. The van der Waals surface area contributed by atoms with Gasteiger partial charge in [0, 0.05) is 12.7 Å². The van der Waals surface area contributed by atoms with Gasteiger partial charge in [0.15, 0.2) is 0 Å². The highest BCUT2D eigenvalue weighted by Gasteiger charge is 2.07. The second kappa shape index (κ2) is 6.81. The molecule has 0 saturated carbocycles. The highest BCUT2D eigenvalue weighted by molar-refractivity contribution is 5.92. The largest absolute Gasteiger partial charge is 0.478 e. The van der Waals surface area contributed by atoms with Crippen LogP contribution in [0.3, 0.4) is 0 Å². The third-order valence-corrected chi connectivity index (χ3v) is 2.98. The number of aromatic carboxylic acids is 1. The number of hydrogen-bond acceptors (Lipinski definition) is 3. The summed E-state index contributed by atoms with van der Waals surface area (Å²) < 4.78 is 0. The Morgan fingerprint density at radius 3 is 2.52 bits per heavy atom. The standard InChI is InChI=1S/C17H18N2O2/c1-19(2)12-14-7-5-13(6-8-14)9-10-16-15(17(20)21)4-3-11-18-16/h3-11H,12H2,1-2H3,(H,20,21)/b10-9+. The highest BCUT2D eigenvalue weighted by atomic mass is 16.4. The Morgan fingerprint density at radius 1 is 1.19 bits per heavy atom. The van der Waals surface area contributed by atoms with Crippen molar-refractivity contribution >= 4 is 18.1 Å². The minimum Gasteiger partial charge on any atom is -0.478 e. The minimum absolute atomic E-state index is 0.206. The van der Waals surface area contributed by atoms with Gasteiger partial charge >= 0.3 is 5.97 Å². The van der Waals surface area contributed by atoms with E-state index < -0.39 is 5.97 Å². The van der Waals surface area contributed by atoms with Gasteiger partial charge in [0.25, 0.3) is 0 Å². The van der Waals surface area contributed by atoms with Gasteiger partial charge in [-0.3, -0.25) is 4.98 Å². The molecule has 1 heterocycles. The molecule has 0 spiro atoms. The van der Waals surface area contributed by atoms with Crippen LogP contribution < -0.4 is 0 Å². The van der Waals surface area contributed by atoms with Gasteiger partial charge in [-0.1, -0.05) is 30.3 Å². The molecule has 1 N–H and O–H groups in total. The van der Waals surface area contributed by atoms with Gasteiger partial charge in [-0.25, -0.2) is 4.79 Å². The zero-order chi connectivity index (χ0) is 15.2. The summed E-state index contributed by atoms with van der Waals surface area (Å²) in [5.41, 5.74) is 2.92. The molecular formula is C17H18N2O2. The highest BCUT2D eigenvalue weighted by Crippen LogP contribution is 2.12. The van der Waals surface area contributed by atoms with E-state index in [0.717, 1.165) is 12.1 Å². The molecule has 108 valence electrons. The van der Waals surface area contributed by atoms with E-state index in [9.17, 15) is 4.79 Å². The Kier molecular flexibility index (Phi) is 4.85. The lowest BCUT2D eigenvalue weighted by atomic mass is 10.1. The number of carbonyl (C=O) groups is 1. The molecule has 0 atom stereocenters. The Hall–Kier alpha value is -2.46. The normalized spacial score (nSPS) is 11.2. The van der Waals surface area contributed by atoms with E-state index in [1.807, 2.05) is 32.3 Å². The minimum atomic E-state index is -0.968. The molecule has 0 amide bonds. The molecule has 0 aliphatic heterocycles. The molecule has 21 heavy (non-hydrogen) atoms. The number of aromatic nitrogens is 1. The summed E-state index contributed by atoms with van der Waals surface area (Å²) in [6, 6.07) is 11.3. The first-order chi connectivity index (χ1) is 10.1. The lowest BCUT2D eigenvalue weighted by Crippen LogP contribution is -2.10. The van der Waals surface area contributed by atoms with Crippen LogP contribution in [0.5, 0.6) is 0 Å². The average molecular weight is 282 g/mol. The second-order valence-electron chi connectivity index (χ2n) is 5.05. The summed E-state index contributed by atoms with van der Waals surface area (Å²) in [6.07, 6.45) is 5.19. The Bertz CT molecular complexity index is 646. The molecule has 1 aromatic heterocycles.